The zero-order valence-electron chi connectivity index (χ0n) is 23.6. The summed E-state index contributed by atoms with van der Waals surface area (Å²) in [5, 5.41) is 6.73. The van der Waals surface area contributed by atoms with Crippen molar-refractivity contribution in [3.05, 3.63) is 82.9 Å². The number of amides is 2. The second kappa shape index (κ2) is 12.1. The van der Waals surface area contributed by atoms with Crippen molar-refractivity contribution in [3.8, 4) is 0 Å². The van der Waals surface area contributed by atoms with E-state index in [0.29, 0.717) is 38.9 Å². The number of halogens is 1. The van der Waals surface area contributed by atoms with E-state index in [-0.39, 0.29) is 24.0 Å². The number of nitrogens with one attached hydrogen (secondary N) is 3. The molecule has 0 aromatic heterocycles. The maximum Gasteiger partial charge on any atom is 0.258 e. The number of rotatable bonds is 8. The first-order chi connectivity index (χ1) is 20.0. The Labute approximate surface area is 251 Å². The fraction of sp³-hybridized carbons (Fsp3) is 0.267. The fourth-order valence-electron chi connectivity index (χ4n) is 5.05. The zero-order valence-corrected chi connectivity index (χ0v) is 25.2. The Bertz CT molecular complexity index is 1650. The molecule has 3 N–H and O–H groups in total. The van der Waals surface area contributed by atoms with Crippen LogP contribution in [0, 0.1) is 0 Å². The van der Waals surface area contributed by atoms with Gasteiger partial charge in [-0.05, 0) is 42.9 Å². The second-order valence-corrected chi connectivity index (χ2v) is 12.7. The number of carbonyl (C=O) groups is 2. The number of benzene rings is 3. The number of hydrogen-bond acceptors (Lipinski definition) is 7. The first-order valence-electron chi connectivity index (χ1n) is 13.5. The predicted octanol–water partition coefficient (Wildman–Crippen LogP) is 3.85. The van der Waals surface area contributed by atoms with E-state index in [0.717, 1.165) is 38.0 Å². The van der Waals surface area contributed by atoms with Crippen LogP contribution in [-0.2, 0) is 19.6 Å². The molecule has 2 amide bonds. The van der Waals surface area contributed by atoms with E-state index in [1.165, 1.54) is 4.90 Å². The van der Waals surface area contributed by atoms with E-state index in [2.05, 4.69) is 32.2 Å². The lowest BCUT2D eigenvalue weighted by Crippen LogP contribution is -2.48. The monoisotopic (exact) mass is 608 g/mol. The molecule has 0 atom stereocenters. The first-order valence-corrected chi connectivity index (χ1v) is 15.7. The second-order valence-electron chi connectivity index (χ2n) is 10.5. The predicted molar refractivity (Wildman–Crippen MR) is 169 cm³/mol. The average molecular weight is 609 g/mol. The topological polar surface area (TPSA) is 114 Å². The number of piperazine rings is 1. The van der Waals surface area contributed by atoms with Crippen LogP contribution in [0.1, 0.15) is 11.1 Å². The summed E-state index contributed by atoms with van der Waals surface area (Å²) in [6.45, 7) is 3.56. The Morgan fingerprint density at radius 3 is 2.43 bits per heavy atom. The first kappa shape index (κ1) is 29.6. The van der Waals surface area contributed by atoms with Gasteiger partial charge in [0.2, 0.25) is 15.9 Å². The number of nitrogens with zero attached hydrogens (tertiary/aromatic N) is 3. The van der Waals surface area contributed by atoms with E-state index < -0.39 is 10.0 Å². The van der Waals surface area contributed by atoms with Crippen LogP contribution < -0.4 is 20.3 Å². The number of fused-ring (bicyclic) bond motifs is 1. The SMILES string of the molecule is CN1CCN(CC(=O)N(C)c2ccc(N/C(=C3\C(=O)Nc4cc(Cl)ccc43)c3ccccc3)cc2NS(C)(=O)=O)CC1. The number of hydrogen-bond donors (Lipinski definition) is 3. The molecular weight excluding hydrogens is 576 g/mol. The van der Waals surface area contributed by atoms with Gasteiger partial charge in [0, 0.05) is 49.5 Å². The summed E-state index contributed by atoms with van der Waals surface area (Å²) in [4.78, 5) is 32.2. The van der Waals surface area contributed by atoms with Gasteiger partial charge < -0.3 is 20.4 Å². The molecule has 0 spiro atoms. The zero-order chi connectivity index (χ0) is 30.0. The van der Waals surface area contributed by atoms with Gasteiger partial charge in [-0.2, -0.15) is 0 Å². The molecule has 2 heterocycles. The van der Waals surface area contributed by atoms with Crippen molar-refractivity contribution < 1.29 is 18.0 Å². The smallest absolute Gasteiger partial charge is 0.258 e. The molecule has 0 bridgehead atoms. The molecule has 12 heteroatoms. The van der Waals surface area contributed by atoms with E-state index in [9.17, 15) is 18.0 Å². The quantitative estimate of drug-likeness (QED) is 0.333. The van der Waals surface area contributed by atoms with Crippen LogP contribution >= 0.6 is 11.6 Å². The van der Waals surface area contributed by atoms with Gasteiger partial charge in [-0.15, -0.1) is 0 Å². The van der Waals surface area contributed by atoms with Crippen molar-refractivity contribution >= 4 is 67.5 Å². The Morgan fingerprint density at radius 2 is 1.74 bits per heavy atom. The highest BCUT2D eigenvalue weighted by Crippen LogP contribution is 2.39. The third kappa shape index (κ3) is 6.76. The van der Waals surface area contributed by atoms with Gasteiger partial charge in [-0.1, -0.05) is 48.0 Å². The maximum atomic E-state index is 13.2. The highest BCUT2D eigenvalue weighted by Gasteiger charge is 2.29. The third-order valence-corrected chi connectivity index (χ3v) is 8.12. The minimum absolute atomic E-state index is 0.151. The van der Waals surface area contributed by atoms with Gasteiger partial charge in [0.05, 0.1) is 41.1 Å². The summed E-state index contributed by atoms with van der Waals surface area (Å²) in [5.41, 5.74) is 4.18. The van der Waals surface area contributed by atoms with Gasteiger partial charge in [-0.3, -0.25) is 19.2 Å². The van der Waals surface area contributed by atoms with Gasteiger partial charge in [0.1, 0.15) is 0 Å². The van der Waals surface area contributed by atoms with Crippen molar-refractivity contribution in [2.24, 2.45) is 0 Å². The molecule has 0 saturated carbocycles. The van der Waals surface area contributed by atoms with Crippen LogP contribution in [-0.4, -0.2) is 83.1 Å². The summed E-state index contributed by atoms with van der Waals surface area (Å²) < 4.78 is 27.2. The van der Waals surface area contributed by atoms with Crippen molar-refractivity contribution in [3.63, 3.8) is 0 Å². The number of carbonyl (C=O) groups excluding carboxylic acids is 2. The molecule has 3 aromatic rings. The van der Waals surface area contributed by atoms with E-state index in [1.54, 1.807) is 43.4 Å². The molecule has 1 saturated heterocycles. The largest absolute Gasteiger partial charge is 0.354 e. The molecule has 0 aliphatic carbocycles. The normalized spacial score (nSPS) is 16.9. The number of likely N-dealkylation sites (N-methyl/N-ethyl adjacent to an activating group) is 2. The average Bonchev–Trinajstić information content (AvgIpc) is 3.26. The fourth-order valence-corrected chi connectivity index (χ4v) is 5.78. The molecule has 1 fully saturated rings. The van der Waals surface area contributed by atoms with Crippen LogP contribution in [0.4, 0.5) is 22.7 Å². The van der Waals surface area contributed by atoms with E-state index >= 15 is 0 Å². The molecular formula is C30H33ClN6O4S. The summed E-state index contributed by atoms with van der Waals surface area (Å²) >= 11 is 6.17. The Morgan fingerprint density at radius 1 is 1.02 bits per heavy atom. The van der Waals surface area contributed by atoms with Crippen LogP contribution in [0.3, 0.4) is 0 Å². The molecule has 5 rings (SSSR count). The highest BCUT2D eigenvalue weighted by atomic mass is 35.5. The lowest BCUT2D eigenvalue weighted by molar-refractivity contribution is -0.119. The Balaban J connectivity index is 1.51. The number of anilines is 4. The third-order valence-electron chi connectivity index (χ3n) is 7.29. The molecule has 0 radical (unpaired) electrons. The van der Waals surface area contributed by atoms with Gasteiger partial charge in [-0.25, -0.2) is 8.42 Å². The molecule has 2 aliphatic rings. The molecule has 3 aromatic carbocycles. The van der Waals surface area contributed by atoms with Crippen molar-refractivity contribution in [2.45, 2.75) is 0 Å². The van der Waals surface area contributed by atoms with Gasteiger partial charge in [0.25, 0.3) is 5.91 Å². The molecule has 220 valence electrons. The highest BCUT2D eigenvalue weighted by molar-refractivity contribution is 7.92. The lowest BCUT2D eigenvalue weighted by Gasteiger charge is -2.33. The summed E-state index contributed by atoms with van der Waals surface area (Å²) in [5.74, 6) is -0.444. The Hall–Kier alpha value is -3.90. The summed E-state index contributed by atoms with van der Waals surface area (Å²) in [6, 6.07) is 19.6. The standard InChI is InChI=1S/C30H33ClN6O4S/c1-35-13-15-37(16-14-35)19-27(38)36(2)26-12-10-22(18-25(26)34-42(3,40)41)32-29(20-7-5-4-6-8-20)28-23-11-9-21(31)17-24(23)33-30(28)39/h4-12,17-18,32,34H,13-16,19H2,1-3H3,(H,33,39)/b29-28-. The number of sulfonamides is 1. The maximum absolute atomic E-state index is 13.2. The molecule has 10 nitrogen and oxygen atoms in total. The van der Waals surface area contributed by atoms with Crippen LogP contribution in [0.5, 0.6) is 0 Å². The van der Waals surface area contributed by atoms with Crippen molar-refractivity contribution in [2.75, 3.05) is 73.3 Å². The molecule has 0 unspecified atom stereocenters. The van der Waals surface area contributed by atoms with Crippen LogP contribution in [0.25, 0.3) is 11.3 Å². The van der Waals surface area contributed by atoms with E-state index in [1.807, 2.05) is 30.3 Å². The van der Waals surface area contributed by atoms with Crippen molar-refractivity contribution in [1.29, 1.82) is 0 Å². The molecule has 42 heavy (non-hydrogen) atoms. The minimum atomic E-state index is -3.68. The Kier molecular flexibility index (Phi) is 8.55. The molecule has 2 aliphatic heterocycles. The minimum Gasteiger partial charge on any atom is -0.354 e. The van der Waals surface area contributed by atoms with Gasteiger partial charge >= 0.3 is 0 Å². The van der Waals surface area contributed by atoms with Crippen LogP contribution in [0.15, 0.2) is 66.7 Å². The lowest BCUT2D eigenvalue weighted by atomic mass is 10.00. The van der Waals surface area contributed by atoms with Crippen molar-refractivity contribution in [1.82, 2.24) is 9.80 Å². The van der Waals surface area contributed by atoms with Gasteiger partial charge in [0.15, 0.2) is 0 Å². The van der Waals surface area contributed by atoms with Crippen LogP contribution in [0.2, 0.25) is 5.02 Å². The summed E-state index contributed by atoms with van der Waals surface area (Å²) in [6.07, 6.45) is 1.06. The summed E-state index contributed by atoms with van der Waals surface area (Å²) in [7, 11) is 0.00933. The van der Waals surface area contributed by atoms with E-state index in [4.69, 9.17) is 11.6 Å².